The Labute approximate surface area is 234 Å². The first-order valence-electron chi connectivity index (χ1n) is 12.6. The van der Waals surface area contributed by atoms with Crippen molar-refractivity contribution in [3.63, 3.8) is 0 Å². The molecular formula is C30H24FN5O4S. The van der Waals surface area contributed by atoms with Crippen molar-refractivity contribution >= 4 is 43.5 Å². The van der Waals surface area contributed by atoms with Crippen LogP contribution >= 0.6 is 0 Å². The van der Waals surface area contributed by atoms with Crippen molar-refractivity contribution in [1.82, 2.24) is 20.1 Å². The summed E-state index contributed by atoms with van der Waals surface area (Å²) < 4.78 is 48.1. The molecule has 0 aliphatic rings. The normalized spacial score (nSPS) is 11.7. The second-order valence-corrected chi connectivity index (χ2v) is 11.5. The minimum atomic E-state index is -3.69. The number of fused-ring (bicyclic) bond motifs is 2. The number of sulfonamides is 1. The van der Waals surface area contributed by atoms with Crippen LogP contribution in [0.1, 0.15) is 10.4 Å². The number of halogens is 1. The van der Waals surface area contributed by atoms with Crippen LogP contribution in [-0.4, -0.2) is 49.4 Å². The van der Waals surface area contributed by atoms with E-state index in [-0.39, 0.29) is 11.3 Å². The molecule has 206 valence electrons. The average Bonchev–Trinajstić information content (AvgIpc) is 3.57. The van der Waals surface area contributed by atoms with Crippen molar-refractivity contribution in [1.29, 1.82) is 0 Å². The van der Waals surface area contributed by atoms with E-state index in [1.807, 2.05) is 30.3 Å². The molecule has 0 saturated carbocycles. The lowest BCUT2D eigenvalue weighted by molar-refractivity contribution is 0.0964. The quantitative estimate of drug-likeness (QED) is 0.288. The van der Waals surface area contributed by atoms with E-state index in [4.69, 9.17) is 4.42 Å². The second kappa shape index (κ2) is 9.86. The van der Waals surface area contributed by atoms with E-state index < -0.39 is 21.7 Å². The van der Waals surface area contributed by atoms with Gasteiger partial charge in [0, 0.05) is 53.8 Å². The summed E-state index contributed by atoms with van der Waals surface area (Å²) >= 11 is 0. The fourth-order valence-electron chi connectivity index (χ4n) is 4.83. The number of carbonyl (C=O) groups is 1. The number of rotatable bonds is 6. The maximum absolute atomic E-state index is 13.7. The van der Waals surface area contributed by atoms with Crippen LogP contribution in [0.5, 0.6) is 0 Å². The van der Waals surface area contributed by atoms with Crippen molar-refractivity contribution < 1.29 is 22.0 Å². The lowest BCUT2D eigenvalue weighted by Gasteiger charge is -2.21. The Hall–Kier alpha value is -5.03. The highest BCUT2D eigenvalue weighted by Gasteiger charge is 2.26. The molecule has 1 N–H and O–H groups in total. The second-order valence-electron chi connectivity index (χ2n) is 9.54. The lowest BCUT2D eigenvalue weighted by Crippen LogP contribution is -2.25. The van der Waals surface area contributed by atoms with Gasteiger partial charge in [-0.25, -0.2) is 17.5 Å². The van der Waals surface area contributed by atoms with Gasteiger partial charge in [0.25, 0.3) is 5.91 Å². The van der Waals surface area contributed by atoms with Crippen molar-refractivity contribution in [3.05, 3.63) is 96.7 Å². The Morgan fingerprint density at radius 2 is 1.76 bits per heavy atom. The minimum absolute atomic E-state index is 0.236. The van der Waals surface area contributed by atoms with E-state index in [9.17, 15) is 17.6 Å². The van der Waals surface area contributed by atoms with Gasteiger partial charge in [-0.05, 0) is 42.5 Å². The number of benzene rings is 3. The molecule has 1 amide bonds. The Balaban J connectivity index is 1.62. The first kappa shape index (κ1) is 26.2. The van der Waals surface area contributed by atoms with E-state index in [2.05, 4.69) is 15.4 Å². The molecule has 11 heteroatoms. The summed E-state index contributed by atoms with van der Waals surface area (Å²) in [6.45, 7) is 0. The van der Waals surface area contributed by atoms with Gasteiger partial charge in [0.2, 0.25) is 10.0 Å². The highest BCUT2D eigenvalue weighted by Crippen LogP contribution is 2.41. The molecular weight excluding hydrogens is 545 g/mol. The third-order valence-electron chi connectivity index (χ3n) is 6.96. The Morgan fingerprint density at radius 1 is 1.00 bits per heavy atom. The fourth-order valence-corrected chi connectivity index (χ4v) is 5.33. The molecule has 3 aromatic heterocycles. The zero-order chi connectivity index (χ0) is 28.9. The van der Waals surface area contributed by atoms with Gasteiger partial charge in [-0.1, -0.05) is 18.2 Å². The molecule has 0 aliphatic carbocycles. The summed E-state index contributed by atoms with van der Waals surface area (Å²) in [5.74, 6) is -0.601. The molecule has 0 fully saturated rings. The number of hydrogen-bond donors (Lipinski definition) is 1. The first-order chi connectivity index (χ1) is 19.7. The predicted octanol–water partition coefficient (Wildman–Crippen LogP) is 5.40. The number of amides is 1. The van der Waals surface area contributed by atoms with Gasteiger partial charge in [-0.15, -0.1) is 0 Å². The third kappa shape index (κ3) is 4.59. The summed E-state index contributed by atoms with van der Waals surface area (Å²) in [5, 5.41) is 8.57. The van der Waals surface area contributed by atoms with E-state index in [0.29, 0.717) is 39.0 Å². The zero-order valence-corrected chi connectivity index (χ0v) is 23.1. The first-order valence-corrected chi connectivity index (χ1v) is 14.4. The van der Waals surface area contributed by atoms with Gasteiger partial charge >= 0.3 is 0 Å². The smallest absolute Gasteiger partial charge is 0.255 e. The Morgan fingerprint density at radius 3 is 2.49 bits per heavy atom. The summed E-state index contributed by atoms with van der Waals surface area (Å²) in [6.07, 6.45) is 6.15. The number of carbonyl (C=O) groups excluding carboxylic acids is 1. The number of nitrogens with zero attached hydrogens (tertiary/aromatic N) is 4. The molecule has 3 heterocycles. The van der Waals surface area contributed by atoms with Crippen LogP contribution in [0.15, 0.2) is 89.7 Å². The van der Waals surface area contributed by atoms with Crippen LogP contribution in [0.4, 0.5) is 10.1 Å². The van der Waals surface area contributed by atoms with Crippen molar-refractivity contribution in [3.8, 4) is 28.1 Å². The zero-order valence-electron chi connectivity index (χ0n) is 22.3. The van der Waals surface area contributed by atoms with Gasteiger partial charge in [0.05, 0.1) is 41.1 Å². The number of nitrogens with one attached hydrogen (secondary N) is 1. The number of anilines is 1. The van der Waals surface area contributed by atoms with Gasteiger partial charge in [0.1, 0.15) is 17.2 Å². The number of para-hydroxylation sites is 1. The highest BCUT2D eigenvalue weighted by atomic mass is 32.2. The van der Waals surface area contributed by atoms with Crippen molar-refractivity contribution in [2.45, 2.75) is 0 Å². The van der Waals surface area contributed by atoms with Gasteiger partial charge in [-0.3, -0.25) is 14.1 Å². The average molecular weight is 570 g/mol. The van der Waals surface area contributed by atoms with Gasteiger partial charge in [0.15, 0.2) is 0 Å². The van der Waals surface area contributed by atoms with E-state index in [1.54, 1.807) is 35.4 Å². The number of hydrogen-bond acceptors (Lipinski definition) is 6. The summed E-state index contributed by atoms with van der Waals surface area (Å²) in [4.78, 5) is 17.6. The van der Waals surface area contributed by atoms with E-state index in [0.717, 1.165) is 21.5 Å². The van der Waals surface area contributed by atoms with E-state index >= 15 is 0 Å². The molecule has 0 radical (unpaired) electrons. The maximum atomic E-state index is 13.7. The number of aromatic nitrogens is 3. The van der Waals surface area contributed by atoms with Crippen molar-refractivity contribution in [2.24, 2.45) is 0 Å². The fraction of sp³-hybridized carbons (Fsp3) is 0.100. The molecule has 0 saturated heterocycles. The molecule has 3 aromatic carbocycles. The lowest BCUT2D eigenvalue weighted by atomic mass is 9.99. The summed E-state index contributed by atoms with van der Waals surface area (Å²) in [5.41, 5.74) is 4.01. The topological polar surface area (TPSA) is 110 Å². The Bertz CT molecular complexity index is 2070. The molecule has 41 heavy (non-hydrogen) atoms. The predicted molar refractivity (Wildman–Crippen MR) is 156 cm³/mol. The van der Waals surface area contributed by atoms with Crippen LogP contribution in [0.2, 0.25) is 0 Å². The molecule has 0 unspecified atom stereocenters. The molecule has 0 spiro atoms. The highest BCUT2D eigenvalue weighted by molar-refractivity contribution is 7.92. The van der Waals surface area contributed by atoms with Crippen LogP contribution in [-0.2, 0) is 10.0 Å². The molecule has 0 aliphatic heterocycles. The molecule has 6 aromatic rings. The van der Waals surface area contributed by atoms with E-state index in [1.165, 1.54) is 38.4 Å². The Kier molecular flexibility index (Phi) is 6.30. The third-order valence-corrected chi connectivity index (χ3v) is 8.15. The van der Waals surface area contributed by atoms with Crippen LogP contribution < -0.4 is 9.62 Å². The van der Waals surface area contributed by atoms with Gasteiger partial charge in [-0.2, -0.15) is 5.10 Å². The molecule has 0 atom stereocenters. The van der Waals surface area contributed by atoms with Crippen LogP contribution in [0.25, 0.3) is 50.0 Å². The monoisotopic (exact) mass is 569 g/mol. The molecule has 6 rings (SSSR count). The minimum Gasteiger partial charge on any atom is -0.455 e. The number of furan rings is 1. The maximum Gasteiger partial charge on any atom is 0.255 e. The SMILES string of the molecule is CNC(=O)c1c(-c2ccc(F)cc2)oc2cc(N(C)S(C)(=O)=O)c(-c3cncc(-n4ncc5ccccc54)c3)cc12. The summed E-state index contributed by atoms with van der Waals surface area (Å²) in [6, 6.07) is 18.5. The summed E-state index contributed by atoms with van der Waals surface area (Å²) in [7, 11) is -0.735. The number of pyridine rings is 1. The van der Waals surface area contributed by atoms with Crippen LogP contribution in [0.3, 0.4) is 0 Å². The van der Waals surface area contributed by atoms with Crippen molar-refractivity contribution in [2.75, 3.05) is 24.7 Å². The van der Waals surface area contributed by atoms with Crippen LogP contribution in [0, 0.1) is 5.82 Å². The standard InChI is InChI=1S/C30H24FN5O4S/c1-32-30(37)28-24-13-23(20-12-22(17-33-15-20)36-25-7-5-4-6-19(25)16-34-36)26(35(2)41(3,38)39)14-27(24)40-29(28)18-8-10-21(31)11-9-18/h4-17H,1-3H3,(H,32,37). The largest absolute Gasteiger partial charge is 0.455 e. The molecule has 0 bridgehead atoms. The van der Waals surface area contributed by atoms with Gasteiger partial charge < -0.3 is 9.73 Å². The molecule has 9 nitrogen and oxygen atoms in total.